The summed E-state index contributed by atoms with van der Waals surface area (Å²) in [5, 5.41) is 22.0. The van der Waals surface area contributed by atoms with Crippen molar-refractivity contribution in [1.82, 2.24) is 30.4 Å². The molecule has 2 aromatic carbocycles. The molecule has 1 aliphatic rings. The minimum absolute atomic E-state index is 0.288. The summed E-state index contributed by atoms with van der Waals surface area (Å²) >= 11 is 6.03. The molecule has 2 N–H and O–H groups in total. The van der Waals surface area contributed by atoms with Gasteiger partial charge in [-0.2, -0.15) is 9.78 Å². The Morgan fingerprint density at radius 1 is 1.07 bits per heavy atom. The molecule has 4 aromatic rings. The predicted molar refractivity (Wildman–Crippen MR) is 100 cm³/mol. The molecule has 0 radical (unpaired) electrons. The molecular weight excluding hydrogens is 385 g/mol. The first-order valence-corrected chi connectivity index (χ1v) is 8.68. The van der Waals surface area contributed by atoms with E-state index in [0.29, 0.717) is 27.8 Å². The fourth-order valence-electron chi connectivity index (χ4n) is 3.32. The predicted octanol–water partition coefficient (Wildman–Crippen LogP) is 2.91. The number of benzene rings is 2. The summed E-state index contributed by atoms with van der Waals surface area (Å²) in [7, 11) is 0. The summed E-state index contributed by atoms with van der Waals surface area (Å²) in [4.78, 5) is 12.5. The van der Waals surface area contributed by atoms with Gasteiger partial charge in [-0.1, -0.05) is 28.8 Å². The molecule has 0 aliphatic carbocycles. The number of fused-ring (bicyclic) bond motifs is 2. The number of halogens is 2. The van der Waals surface area contributed by atoms with Crippen LogP contribution in [0.1, 0.15) is 17.2 Å². The van der Waals surface area contributed by atoms with Gasteiger partial charge in [0.05, 0.1) is 5.69 Å². The molecule has 1 aliphatic heterocycles. The molecule has 10 heteroatoms. The maximum atomic E-state index is 13.4. The highest BCUT2D eigenvalue weighted by molar-refractivity contribution is 6.30. The van der Waals surface area contributed by atoms with Crippen LogP contribution in [-0.4, -0.2) is 30.4 Å². The fourth-order valence-corrected chi connectivity index (χ4v) is 3.44. The van der Waals surface area contributed by atoms with Crippen molar-refractivity contribution in [2.45, 2.75) is 6.04 Å². The van der Waals surface area contributed by atoms with Gasteiger partial charge in [0.1, 0.15) is 17.5 Å². The van der Waals surface area contributed by atoms with Gasteiger partial charge < -0.3 is 5.32 Å². The van der Waals surface area contributed by atoms with E-state index in [1.165, 1.54) is 12.1 Å². The highest BCUT2D eigenvalue weighted by Crippen LogP contribution is 2.41. The number of aromatic amines is 1. The topological polar surface area (TPSA) is 101 Å². The Labute approximate surface area is 162 Å². The summed E-state index contributed by atoms with van der Waals surface area (Å²) < 4.78 is 15.0. The van der Waals surface area contributed by atoms with Crippen LogP contribution >= 0.6 is 11.6 Å². The lowest BCUT2D eigenvalue weighted by Gasteiger charge is -2.27. The zero-order valence-electron chi connectivity index (χ0n) is 14.1. The third-order valence-electron chi connectivity index (χ3n) is 4.57. The van der Waals surface area contributed by atoms with E-state index in [-0.39, 0.29) is 11.5 Å². The van der Waals surface area contributed by atoms with Crippen molar-refractivity contribution in [3.63, 3.8) is 0 Å². The lowest BCUT2D eigenvalue weighted by Crippen LogP contribution is -2.29. The Balaban J connectivity index is 1.81. The Hall–Kier alpha value is -3.59. The quantitative estimate of drug-likeness (QED) is 0.476. The van der Waals surface area contributed by atoms with Crippen molar-refractivity contribution < 1.29 is 4.39 Å². The number of aromatic nitrogens is 6. The van der Waals surface area contributed by atoms with Crippen LogP contribution in [0.15, 0.2) is 53.3 Å². The number of nitrogens with one attached hydrogen (secondary N) is 2. The molecule has 0 spiro atoms. The van der Waals surface area contributed by atoms with E-state index in [4.69, 9.17) is 11.6 Å². The van der Waals surface area contributed by atoms with E-state index < -0.39 is 11.6 Å². The van der Waals surface area contributed by atoms with Gasteiger partial charge in [-0.05, 0) is 52.4 Å². The van der Waals surface area contributed by atoms with Gasteiger partial charge in [-0.3, -0.25) is 4.79 Å². The monoisotopic (exact) mass is 395 g/mol. The number of hydrogen-bond acceptors (Lipinski definition) is 6. The molecular formula is C18H11ClFN7O. The van der Waals surface area contributed by atoms with E-state index in [1.54, 1.807) is 28.9 Å². The minimum atomic E-state index is -0.520. The van der Waals surface area contributed by atoms with Gasteiger partial charge in [0.25, 0.3) is 5.56 Å². The summed E-state index contributed by atoms with van der Waals surface area (Å²) in [6.07, 6.45) is 0. The van der Waals surface area contributed by atoms with Crippen LogP contribution in [0.5, 0.6) is 0 Å². The Bertz CT molecular complexity index is 1230. The lowest BCUT2D eigenvalue weighted by atomic mass is 9.92. The molecule has 0 saturated heterocycles. The van der Waals surface area contributed by atoms with Crippen LogP contribution in [0.4, 0.5) is 16.0 Å². The first-order chi connectivity index (χ1) is 13.6. The Morgan fingerprint density at radius 3 is 2.57 bits per heavy atom. The van der Waals surface area contributed by atoms with E-state index in [2.05, 4.69) is 31.0 Å². The molecule has 0 saturated carbocycles. The van der Waals surface area contributed by atoms with Crippen molar-refractivity contribution in [3.8, 4) is 11.3 Å². The summed E-state index contributed by atoms with van der Waals surface area (Å²) in [6, 6.07) is 12.5. The zero-order chi connectivity index (χ0) is 19.3. The minimum Gasteiger partial charge on any atom is -0.318 e. The second-order valence-electron chi connectivity index (χ2n) is 6.22. The average Bonchev–Trinajstić information content (AvgIpc) is 3.17. The summed E-state index contributed by atoms with van der Waals surface area (Å²) in [5.74, 6) is -0.0358. The van der Waals surface area contributed by atoms with Crippen LogP contribution in [0, 0.1) is 5.82 Å². The Kier molecular flexibility index (Phi) is 3.69. The summed E-state index contributed by atoms with van der Waals surface area (Å²) in [6.45, 7) is 0. The van der Waals surface area contributed by atoms with Crippen LogP contribution in [-0.2, 0) is 0 Å². The standard InChI is InChI=1S/C18H11ClFN7O/c19-11-5-1-10(2-6-11)16-13-14(9-3-7-12(20)8-4-9)22-23-17(28)15(13)21-18-24-25-26-27(16)18/h1-8,16H,(H,23,28)(H,21,24,26)/t16-/m0/s1. The summed E-state index contributed by atoms with van der Waals surface area (Å²) in [5.41, 5.74) is 2.41. The van der Waals surface area contributed by atoms with Crippen molar-refractivity contribution in [3.05, 3.63) is 80.9 Å². The van der Waals surface area contributed by atoms with Crippen LogP contribution < -0.4 is 10.9 Å². The van der Waals surface area contributed by atoms with Gasteiger partial charge >= 0.3 is 0 Å². The molecule has 5 rings (SSSR count). The molecule has 0 unspecified atom stereocenters. The largest absolute Gasteiger partial charge is 0.318 e. The third kappa shape index (κ3) is 2.55. The maximum absolute atomic E-state index is 13.4. The molecule has 138 valence electrons. The van der Waals surface area contributed by atoms with Crippen molar-refractivity contribution in [1.29, 1.82) is 0 Å². The molecule has 1 atom stereocenters. The number of nitrogens with zero attached hydrogens (tertiary/aromatic N) is 5. The second-order valence-corrected chi connectivity index (χ2v) is 6.66. The number of rotatable bonds is 2. The second kappa shape index (κ2) is 6.24. The van der Waals surface area contributed by atoms with E-state index >= 15 is 0 Å². The lowest BCUT2D eigenvalue weighted by molar-refractivity contribution is 0.567. The highest BCUT2D eigenvalue weighted by atomic mass is 35.5. The smallest absolute Gasteiger partial charge is 0.288 e. The number of tetrazole rings is 1. The zero-order valence-corrected chi connectivity index (χ0v) is 14.9. The Morgan fingerprint density at radius 2 is 1.82 bits per heavy atom. The normalized spacial score (nSPS) is 14.9. The third-order valence-corrected chi connectivity index (χ3v) is 4.82. The fraction of sp³-hybridized carbons (Fsp3) is 0.0556. The molecule has 3 heterocycles. The molecule has 0 amide bonds. The molecule has 8 nitrogen and oxygen atoms in total. The van der Waals surface area contributed by atoms with Gasteiger partial charge in [-0.25, -0.2) is 9.49 Å². The van der Waals surface area contributed by atoms with Crippen molar-refractivity contribution in [2.75, 3.05) is 5.32 Å². The SMILES string of the molecule is O=c1[nH]nc(-c2ccc(F)cc2)c2c1Nc1nnnn1[C@H]2c1ccc(Cl)cc1. The average molecular weight is 396 g/mol. The van der Waals surface area contributed by atoms with E-state index in [1.807, 2.05) is 12.1 Å². The number of anilines is 2. The van der Waals surface area contributed by atoms with Crippen LogP contribution in [0.3, 0.4) is 0 Å². The molecule has 0 bridgehead atoms. The van der Waals surface area contributed by atoms with E-state index in [9.17, 15) is 9.18 Å². The van der Waals surface area contributed by atoms with Crippen LogP contribution in [0.2, 0.25) is 5.02 Å². The van der Waals surface area contributed by atoms with Gasteiger partial charge in [0, 0.05) is 16.1 Å². The van der Waals surface area contributed by atoms with Crippen LogP contribution in [0.25, 0.3) is 11.3 Å². The first-order valence-electron chi connectivity index (χ1n) is 8.30. The number of H-pyrrole nitrogens is 1. The maximum Gasteiger partial charge on any atom is 0.288 e. The molecule has 0 fully saturated rings. The van der Waals surface area contributed by atoms with E-state index in [0.717, 1.165) is 5.56 Å². The molecule has 2 aromatic heterocycles. The first kappa shape index (κ1) is 16.6. The number of hydrogen-bond donors (Lipinski definition) is 2. The molecule has 28 heavy (non-hydrogen) atoms. The van der Waals surface area contributed by atoms with Gasteiger partial charge in [-0.15, -0.1) is 0 Å². The van der Waals surface area contributed by atoms with Gasteiger partial charge in [0.15, 0.2) is 0 Å². The van der Waals surface area contributed by atoms with Crippen molar-refractivity contribution in [2.24, 2.45) is 0 Å². The van der Waals surface area contributed by atoms with Gasteiger partial charge in [0.2, 0.25) is 5.95 Å². The highest BCUT2D eigenvalue weighted by Gasteiger charge is 2.34. The van der Waals surface area contributed by atoms with Crippen molar-refractivity contribution >= 4 is 23.2 Å².